The minimum atomic E-state index is -0.201. The maximum Gasteiger partial charge on any atom is 0.270 e. The van der Waals surface area contributed by atoms with Gasteiger partial charge in [-0.2, -0.15) is 0 Å². The van der Waals surface area contributed by atoms with E-state index in [1.807, 2.05) is 50.2 Å². The smallest absolute Gasteiger partial charge is 0.270 e. The first kappa shape index (κ1) is 18.6. The number of anilines is 1. The lowest BCUT2D eigenvalue weighted by molar-refractivity contribution is 0.0945. The molecule has 2 aromatic carbocycles. The highest BCUT2D eigenvalue weighted by Gasteiger charge is 2.10. The molecule has 2 N–H and O–H groups in total. The van der Waals surface area contributed by atoms with Crippen LogP contribution in [-0.2, 0) is 13.0 Å². The molecule has 0 spiro atoms. The van der Waals surface area contributed by atoms with Gasteiger partial charge in [0.15, 0.2) is 0 Å². The summed E-state index contributed by atoms with van der Waals surface area (Å²) in [5.41, 5.74) is 4.61. The minimum Gasteiger partial charge on any atom is -0.354 e. The average molecular weight is 360 g/mol. The Morgan fingerprint density at radius 1 is 0.926 bits per heavy atom. The lowest BCUT2D eigenvalue weighted by Gasteiger charge is -2.09. The van der Waals surface area contributed by atoms with Crippen LogP contribution in [0.1, 0.15) is 32.9 Å². The molecule has 0 aliphatic rings. The fourth-order valence-corrected chi connectivity index (χ4v) is 2.82. The van der Waals surface area contributed by atoms with E-state index >= 15 is 0 Å². The number of hydrogen-bond acceptors (Lipinski definition) is 4. The highest BCUT2D eigenvalue weighted by atomic mass is 16.1. The SMILES string of the molecule is Cc1cccc(CNC(=O)c2cc(C)nc(NCCc3ccccc3)n2)c1. The average Bonchev–Trinajstić information content (AvgIpc) is 2.66. The lowest BCUT2D eigenvalue weighted by atomic mass is 10.1. The molecular formula is C22H24N4O. The second-order valence-electron chi connectivity index (χ2n) is 6.55. The molecule has 0 bridgehead atoms. The highest BCUT2D eigenvalue weighted by molar-refractivity contribution is 5.92. The molecular weight excluding hydrogens is 336 g/mol. The summed E-state index contributed by atoms with van der Waals surface area (Å²) in [6.45, 7) is 5.08. The summed E-state index contributed by atoms with van der Waals surface area (Å²) in [6, 6.07) is 20.0. The Labute approximate surface area is 159 Å². The van der Waals surface area contributed by atoms with Crippen LogP contribution in [0.3, 0.4) is 0 Å². The van der Waals surface area contributed by atoms with E-state index in [1.165, 1.54) is 11.1 Å². The molecule has 0 saturated heterocycles. The maximum atomic E-state index is 12.5. The van der Waals surface area contributed by atoms with Crippen molar-refractivity contribution < 1.29 is 4.79 Å². The van der Waals surface area contributed by atoms with E-state index in [-0.39, 0.29) is 5.91 Å². The molecule has 27 heavy (non-hydrogen) atoms. The van der Waals surface area contributed by atoms with Gasteiger partial charge in [-0.25, -0.2) is 9.97 Å². The van der Waals surface area contributed by atoms with Crippen LogP contribution < -0.4 is 10.6 Å². The topological polar surface area (TPSA) is 66.9 Å². The van der Waals surface area contributed by atoms with Gasteiger partial charge in [-0.3, -0.25) is 4.79 Å². The van der Waals surface area contributed by atoms with Gasteiger partial charge >= 0.3 is 0 Å². The van der Waals surface area contributed by atoms with Crippen molar-refractivity contribution in [3.05, 3.63) is 88.7 Å². The quantitative estimate of drug-likeness (QED) is 0.674. The van der Waals surface area contributed by atoms with Crippen molar-refractivity contribution in [1.82, 2.24) is 15.3 Å². The summed E-state index contributed by atoms with van der Waals surface area (Å²) in [5, 5.41) is 6.13. The van der Waals surface area contributed by atoms with Gasteiger partial charge in [0.1, 0.15) is 5.69 Å². The monoisotopic (exact) mass is 360 g/mol. The summed E-state index contributed by atoms with van der Waals surface area (Å²) < 4.78 is 0. The Hall–Kier alpha value is -3.21. The molecule has 3 rings (SSSR count). The zero-order valence-corrected chi connectivity index (χ0v) is 15.7. The van der Waals surface area contributed by atoms with E-state index in [4.69, 9.17) is 0 Å². The first-order valence-electron chi connectivity index (χ1n) is 9.07. The second kappa shape index (κ2) is 8.94. The second-order valence-corrected chi connectivity index (χ2v) is 6.55. The molecule has 0 aliphatic heterocycles. The molecule has 0 aliphatic carbocycles. The summed E-state index contributed by atoms with van der Waals surface area (Å²) in [4.78, 5) is 21.2. The van der Waals surface area contributed by atoms with Gasteiger partial charge in [0.2, 0.25) is 5.95 Å². The van der Waals surface area contributed by atoms with Crippen molar-refractivity contribution in [2.75, 3.05) is 11.9 Å². The van der Waals surface area contributed by atoms with Crippen molar-refractivity contribution >= 4 is 11.9 Å². The Bertz CT molecular complexity index is 909. The van der Waals surface area contributed by atoms with Crippen molar-refractivity contribution in [3.63, 3.8) is 0 Å². The largest absolute Gasteiger partial charge is 0.354 e. The molecule has 0 radical (unpaired) electrons. The van der Waals surface area contributed by atoms with Crippen LogP contribution in [0, 0.1) is 13.8 Å². The first-order valence-corrected chi connectivity index (χ1v) is 9.07. The number of aryl methyl sites for hydroxylation is 2. The number of nitrogens with one attached hydrogen (secondary N) is 2. The van der Waals surface area contributed by atoms with Crippen LogP contribution in [-0.4, -0.2) is 22.4 Å². The first-order chi connectivity index (χ1) is 13.1. The van der Waals surface area contributed by atoms with Gasteiger partial charge in [-0.15, -0.1) is 0 Å². The zero-order valence-electron chi connectivity index (χ0n) is 15.7. The van der Waals surface area contributed by atoms with Crippen molar-refractivity contribution in [1.29, 1.82) is 0 Å². The Balaban J connectivity index is 1.59. The predicted molar refractivity (Wildman–Crippen MR) is 108 cm³/mol. The summed E-state index contributed by atoms with van der Waals surface area (Å²) in [5.74, 6) is 0.278. The van der Waals surface area contributed by atoms with Crippen LogP contribution in [0.2, 0.25) is 0 Å². The molecule has 5 nitrogen and oxygen atoms in total. The van der Waals surface area contributed by atoms with Crippen molar-refractivity contribution in [2.45, 2.75) is 26.8 Å². The molecule has 0 atom stereocenters. The summed E-state index contributed by atoms with van der Waals surface area (Å²) in [6.07, 6.45) is 0.868. The number of amides is 1. The van der Waals surface area contributed by atoms with E-state index in [9.17, 15) is 4.79 Å². The van der Waals surface area contributed by atoms with Gasteiger partial charge in [0.05, 0.1) is 0 Å². The molecule has 1 amide bonds. The lowest BCUT2D eigenvalue weighted by Crippen LogP contribution is -2.24. The molecule has 1 aromatic heterocycles. The summed E-state index contributed by atoms with van der Waals surface area (Å²) in [7, 11) is 0. The van der Waals surface area contributed by atoms with Gasteiger partial charge in [-0.05, 0) is 37.5 Å². The van der Waals surface area contributed by atoms with E-state index in [0.29, 0.717) is 24.7 Å². The number of rotatable bonds is 7. The van der Waals surface area contributed by atoms with Gasteiger partial charge in [0.25, 0.3) is 5.91 Å². The fraction of sp³-hybridized carbons (Fsp3) is 0.227. The molecule has 138 valence electrons. The predicted octanol–water partition coefficient (Wildman–Crippen LogP) is 3.68. The Morgan fingerprint density at radius 3 is 2.48 bits per heavy atom. The molecule has 0 saturated carbocycles. The van der Waals surface area contributed by atoms with Crippen LogP contribution in [0.25, 0.3) is 0 Å². The molecule has 5 heteroatoms. The molecule has 0 fully saturated rings. The number of carbonyl (C=O) groups is 1. The van der Waals surface area contributed by atoms with E-state index < -0.39 is 0 Å². The highest BCUT2D eigenvalue weighted by Crippen LogP contribution is 2.08. The van der Waals surface area contributed by atoms with Crippen LogP contribution in [0.4, 0.5) is 5.95 Å². The standard InChI is InChI=1S/C22H24N4O/c1-16-7-6-10-19(13-16)15-24-21(27)20-14-17(2)25-22(26-20)23-12-11-18-8-4-3-5-9-18/h3-10,13-14H,11-12,15H2,1-2H3,(H,24,27)(H,23,25,26). The van der Waals surface area contributed by atoms with Crippen LogP contribution in [0.5, 0.6) is 0 Å². The van der Waals surface area contributed by atoms with Crippen LogP contribution in [0.15, 0.2) is 60.7 Å². The molecule has 0 unspecified atom stereocenters. The third-order valence-corrected chi connectivity index (χ3v) is 4.16. The number of carbonyl (C=O) groups excluding carboxylic acids is 1. The van der Waals surface area contributed by atoms with E-state index in [1.54, 1.807) is 6.07 Å². The van der Waals surface area contributed by atoms with Crippen molar-refractivity contribution in [2.24, 2.45) is 0 Å². The Morgan fingerprint density at radius 2 is 1.70 bits per heavy atom. The van der Waals surface area contributed by atoms with E-state index in [2.05, 4.69) is 38.8 Å². The number of benzene rings is 2. The maximum absolute atomic E-state index is 12.5. The fourth-order valence-electron chi connectivity index (χ4n) is 2.82. The number of aromatic nitrogens is 2. The van der Waals surface area contributed by atoms with Gasteiger partial charge in [0, 0.05) is 18.8 Å². The van der Waals surface area contributed by atoms with Crippen LogP contribution >= 0.6 is 0 Å². The normalized spacial score (nSPS) is 10.4. The van der Waals surface area contributed by atoms with E-state index in [0.717, 1.165) is 17.7 Å². The molecule has 1 heterocycles. The van der Waals surface area contributed by atoms with Gasteiger partial charge in [-0.1, -0.05) is 60.2 Å². The Kier molecular flexibility index (Phi) is 6.15. The zero-order chi connectivity index (χ0) is 19.1. The van der Waals surface area contributed by atoms with Gasteiger partial charge < -0.3 is 10.6 Å². The van der Waals surface area contributed by atoms with Crippen molar-refractivity contribution in [3.8, 4) is 0 Å². The molecule has 3 aromatic rings. The minimum absolute atomic E-state index is 0.201. The third-order valence-electron chi connectivity index (χ3n) is 4.16. The summed E-state index contributed by atoms with van der Waals surface area (Å²) >= 11 is 0. The number of nitrogens with zero attached hydrogens (tertiary/aromatic N) is 2. The number of hydrogen-bond donors (Lipinski definition) is 2. The third kappa shape index (κ3) is 5.64.